The number of hydrogen-bond donors (Lipinski definition) is 1. The molecule has 2 fully saturated rings. The summed E-state index contributed by atoms with van der Waals surface area (Å²) in [5, 5.41) is 3.55. The zero-order valence-electron chi connectivity index (χ0n) is 15.3. The molecule has 0 aromatic carbocycles. The molecule has 1 unspecified atom stereocenters. The summed E-state index contributed by atoms with van der Waals surface area (Å²) in [7, 11) is 1.43. The maximum atomic E-state index is 12.6. The van der Waals surface area contributed by atoms with Crippen molar-refractivity contribution in [1.82, 2.24) is 19.4 Å². The van der Waals surface area contributed by atoms with Crippen LogP contribution in [-0.4, -0.2) is 52.4 Å². The number of hydrogen-bond acceptors (Lipinski definition) is 7. The van der Waals surface area contributed by atoms with Crippen molar-refractivity contribution in [1.29, 1.82) is 0 Å². The second-order valence-corrected chi connectivity index (χ2v) is 7.99. The van der Waals surface area contributed by atoms with E-state index in [1.165, 1.54) is 23.0 Å². The summed E-state index contributed by atoms with van der Waals surface area (Å²) < 4.78 is 8.24. The Labute approximate surface area is 159 Å². The summed E-state index contributed by atoms with van der Waals surface area (Å²) in [4.78, 5) is 44.1. The maximum absolute atomic E-state index is 12.6. The van der Waals surface area contributed by atoms with E-state index >= 15 is 0 Å². The van der Waals surface area contributed by atoms with E-state index < -0.39 is 5.69 Å². The number of fused-ring (bicyclic) bond motifs is 1. The molecule has 4 heterocycles. The third-order valence-electron chi connectivity index (χ3n) is 5.10. The number of carbonyl (C=O) groups is 1. The lowest BCUT2D eigenvalue weighted by Crippen LogP contribution is -2.42. The summed E-state index contributed by atoms with van der Waals surface area (Å²) in [6, 6.07) is 0. The standard InChI is InChI=1S/C17H23N5O4S/c1-20-15(24)13-14(19-16(27-13)21-6-2-3-7-21)22(17(20)25)10-12(23)18-9-11-5-4-8-26-11/h11H,2-10H2,1H3,(H,18,23). The number of ether oxygens (including phenoxy) is 1. The van der Waals surface area contributed by atoms with Gasteiger partial charge in [-0.3, -0.25) is 18.7 Å². The molecule has 0 bridgehead atoms. The molecule has 0 saturated carbocycles. The minimum atomic E-state index is -0.530. The van der Waals surface area contributed by atoms with Gasteiger partial charge in [0.05, 0.1) is 6.10 Å². The van der Waals surface area contributed by atoms with E-state index in [1.807, 2.05) is 0 Å². The number of thiazole rings is 1. The van der Waals surface area contributed by atoms with Gasteiger partial charge in [-0.2, -0.15) is 0 Å². The van der Waals surface area contributed by atoms with Crippen LogP contribution in [0.1, 0.15) is 25.7 Å². The predicted molar refractivity (Wildman–Crippen MR) is 103 cm³/mol. The molecule has 1 amide bonds. The Morgan fingerprint density at radius 1 is 1.30 bits per heavy atom. The molecule has 0 spiro atoms. The smallest absolute Gasteiger partial charge is 0.332 e. The van der Waals surface area contributed by atoms with E-state index in [9.17, 15) is 14.4 Å². The number of aromatic nitrogens is 3. The molecular formula is C17H23N5O4S. The van der Waals surface area contributed by atoms with Crippen molar-refractivity contribution in [2.45, 2.75) is 38.3 Å². The molecule has 2 aromatic heterocycles. The van der Waals surface area contributed by atoms with Crippen LogP contribution in [0.2, 0.25) is 0 Å². The maximum Gasteiger partial charge on any atom is 0.332 e. The molecule has 2 saturated heterocycles. The molecule has 2 aliphatic heterocycles. The van der Waals surface area contributed by atoms with Gasteiger partial charge in [0.1, 0.15) is 11.2 Å². The van der Waals surface area contributed by atoms with Crippen molar-refractivity contribution in [3.05, 3.63) is 20.8 Å². The third-order valence-corrected chi connectivity index (χ3v) is 6.19. The summed E-state index contributed by atoms with van der Waals surface area (Å²) in [6.45, 7) is 2.77. The minimum Gasteiger partial charge on any atom is -0.376 e. The van der Waals surface area contributed by atoms with E-state index in [2.05, 4.69) is 15.2 Å². The highest BCUT2D eigenvalue weighted by atomic mass is 32.1. The van der Waals surface area contributed by atoms with Crippen molar-refractivity contribution in [2.24, 2.45) is 7.05 Å². The van der Waals surface area contributed by atoms with E-state index in [0.29, 0.717) is 16.9 Å². The minimum absolute atomic E-state index is 0.0341. The third kappa shape index (κ3) is 3.51. The van der Waals surface area contributed by atoms with Gasteiger partial charge in [-0.1, -0.05) is 11.3 Å². The first-order valence-corrected chi connectivity index (χ1v) is 10.1. The van der Waals surface area contributed by atoms with Crippen molar-refractivity contribution in [3.8, 4) is 0 Å². The molecule has 0 aliphatic carbocycles. The van der Waals surface area contributed by atoms with Crippen molar-refractivity contribution >= 4 is 32.7 Å². The van der Waals surface area contributed by atoms with Gasteiger partial charge in [-0.05, 0) is 25.7 Å². The Bertz CT molecular complexity index is 966. The van der Waals surface area contributed by atoms with Crippen LogP contribution in [0, 0.1) is 0 Å². The number of rotatable bonds is 5. The highest BCUT2D eigenvalue weighted by molar-refractivity contribution is 7.22. The largest absolute Gasteiger partial charge is 0.376 e. The molecule has 1 atom stereocenters. The van der Waals surface area contributed by atoms with Crippen molar-refractivity contribution in [2.75, 3.05) is 31.1 Å². The lowest BCUT2D eigenvalue weighted by Gasteiger charge is -2.13. The molecule has 2 aliphatic rings. The van der Waals surface area contributed by atoms with Gasteiger partial charge >= 0.3 is 5.69 Å². The van der Waals surface area contributed by atoms with Gasteiger partial charge in [0.25, 0.3) is 5.56 Å². The summed E-state index contributed by atoms with van der Waals surface area (Å²) in [5.41, 5.74) is -0.603. The molecule has 146 valence electrons. The van der Waals surface area contributed by atoms with Crippen LogP contribution in [0.4, 0.5) is 5.13 Å². The Morgan fingerprint density at radius 2 is 2.07 bits per heavy atom. The number of amides is 1. The fraction of sp³-hybridized carbons (Fsp3) is 0.647. The molecular weight excluding hydrogens is 370 g/mol. The molecule has 1 N–H and O–H groups in total. The van der Waals surface area contributed by atoms with Gasteiger partial charge in [0.15, 0.2) is 10.8 Å². The Hall–Kier alpha value is -2.20. The van der Waals surface area contributed by atoms with E-state index in [4.69, 9.17) is 4.74 Å². The van der Waals surface area contributed by atoms with Crippen LogP contribution in [0.5, 0.6) is 0 Å². The SMILES string of the molecule is Cn1c(=O)c2sc(N3CCCC3)nc2n(CC(=O)NCC2CCCO2)c1=O. The van der Waals surface area contributed by atoms with Crippen LogP contribution in [0.3, 0.4) is 0 Å². The lowest BCUT2D eigenvalue weighted by molar-refractivity contribution is -0.122. The first-order valence-electron chi connectivity index (χ1n) is 9.28. The van der Waals surface area contributed by atoms with Gasteiger partial charge in [-0.15, -0.1) is 0 Å². The first-order chi connectivity index (χ1) is 13.0. The number of nitrogens with one attached hydrogen (secondary N) is 1. The predicted octanol–water partition coefficient (Wildman–Crippen LogP) is 0.0521. The van der Waals surface area contributed by atoms with Gasteiger partial charge in [0.2, 0.25) is 5.91 Å². The monoisotopic (exact) mass is 393 g/mol. The molecule has 27 heavy (non-hydrogen) atoms. The van der Waals surface area contributed by atoms with Crippen LogP contribution in [0.25, 0.3) is 10.3 Å². The van der Waals surface area contributed by atoms with Crippen LogP contribution < -0.4 is 21.5 Å². The highest BCUT2D eigenvalue weighted by Gasteiger charge is 2.22. The normalized spacial score (nSPS) is 19.9. The quantitative estimate of drug-likeness (QED) is 0.771. The Kier molecular flexibility index (Phi) is 5.00. The molecule has 4 rings (SSSR count). The molecule has 2 aromatic rings. The summed E-state index contributed by atoms with van der Waals surface area (Å²) in [6.07, 6.45) is 4.14. The van der Waals surface area contributed by atoms with E-state index in [-0.39, 0.29) is 24.1 Å². The highest BCUT2D eigenvalue weighted by Crippen LogP contribution is 2.28. The Balaban J connectivity index is 1.63. The topological polar surface area (TPSA) is 98.5 Å². The number of nitrogens with zero attached hydrogens (tertiary/aromatic N) is 4. The average molecular weight is 393 g/mol. The van der Waals surface area contributed by atoms with Crippen LogP contribution >= 0.6 is 11.3 Å². The molecule has 10 heteroatoms. The van der Waals surface area contributed by atoms with E-state index in [0.717, 1.165) is 55.1 Å². The zero-order valence-corrected chi connectivity index (χ0v) is 16.1. The van der Waals surface area contributed by atoms with Gasteiger partial charge < -0.3 is 15.0 Å². The number of carbonyl (C=O) groups excluding carboxylic acids is 1. The van der Waals surface area contributed by atoms with Crippen LogP contribution in [0.15, 0.2) is 9.59 Å². The van der Waals surface area contributed by atoms with Gasteiger partial charge in [0, 0.05) is 33.3 Å². The molecule has 0 radical (unpaired) electrons. The van der Waals surface area contributed by atoms with E-state index in [1.54, 1.807) is 0 Å². The van der Waals surface area contributed by atoms with Crippen LogP contribution in [-0.2, 0) is 23.1 Å². The second-order valence-electron chi connectivity index (χ2n) is 7.02. The Morgan fingerprint density at radius 3 is 2.78 bits per heavy atom. The summed E-state index contributed by atoms with van der Waals surface area (Å²) >= 11 is 1.29. The summed E-state index contributed by atoms with van der Waals surface area (Å²) in [5.74, 6) is -0.289. The lowest BCUT2D eigenvalue weighted by atomic mass is 10.2. The van der Waals surface area contributed by atoms with Crippen molar-refractivity contribution < 1.29 is 9.53 Å². The zero-order chi connectivity index (χ0) is 19.0. The first kappa shape index (κ1) is 18.2. The van der Waals surface area contributed by atoms with Gasteiger partial charge in [-0.25, -0.2) is 9.78 Å². The fourth-order valence-electron chi connectivity index (χ4n) is 3.55. The van der Waals surface area contributed by atoms with Crippen molar-refractivity contribution in [3.63, 3.8) is 0 Å². The fourth-order valence-corrected chi connectivity index (χ4v) is 4.65. The average Bonchev–Trinajstić information content (AvgIpc) is 3.41. The number of anilines is 1. The second kappa shape index (κ2) is 7.43. The molecule has 9 nitrogen and oxygen atoms in total.